The predicted octanol–water partition coefficient (Wildman–Crippen LogP) is 25.0. The second-order valence-corrected chi connectivity index (χ2v) is 32.1. The lowest BCUT2D eigenvalue weighted by atomic mass is 9.35. The quantitative estimate of drug-likeness (QED) is 0.142. The highest BCUT2D eigenvalue weighted by molar-refractivity contribution is 7.27. The number of hydrogen-bond acceptors (Lipinski definition) is 4. The number of nitrogens with zero attached hydrogens (tertiary/aromatic N) is 4. The molecule has 0 aliphatic heterocycles. The van der Waals surface area contributed by atoms with Crippen molar-refractivity contribution in [2.24, 2.45) is 0 Å². The zero-order valence-corrected chi connectivity index (χ0v) is 59.0. The highest BCUT2D eigenvalue weighted by Gasteiger charge is 2.30. The molecule has 9 heteroatoms. The molecule has 8 heterocycles. The molecule has 102 heavy (non-hydrogen) atoms. The first kappa shape index (κ1) is 57.2. The summed E-state index contributed by atoms with van der Waals surface area (Å²) >= 11 is 7.62. The molecular formula is C93H57BN4S4. The lowest BCUT2D eigenvalue weighted by Crippen LogP contribution is -2.54. The lowest BCUT2D eigenvalue weighted by molar-refractivity contribution is 1.19. The third kappa shape index (κ3) is 7.85. The summed E-state index contributed by atoms with van der Waals surface area (Å²) in [5.74, 6) is 0. The van der Waals surface area contributed by atoms with E-state index in [2.05, 4.69) is 330 Å². The minimum atomic E-state index is -0.0366. The van der Waals surface area contributed by atoms with Crippen LogP contribution < -0.4 is 16.4 Å². The van der Waals surface area contributed by atoms with Crippen molar-refractivity contribution < 1.29 is 0 Å². The summed E-state index contributed by atoms with van der Waals surface area (Å²) < 4.78 is 20.6. The predicted molar refractivity (Wildman–Crippen MR) is 447 cm³/mol. The van der Waals surface area contributed by atoms with Crippen LogP contribution in [0.5, 0.6) is 0 Å². The number of aromatic nitrogens is 4. The van der Waals surface area contributed by atoms with E-state index >= 15 is 0 Å². The molecule has 0 saturated carbocycles. The molecule has 0 saturated heterocycles. The maximum Gasteiger partial charge on any atom is 0.241 e. The Balaban J connectivity index is 0.697. The number of benzene rings is 15. The Hall–Kier alpha value is -11.6. The van der Waals surface area contributed by atoms with Crippen molar-refractivity contribution in [1.29, 1.82) is 0 Å². The van der Waals surface area contributed by atoms with Gasteiger partial charge in [-0.3, -0.25) is 0 Å². The monoisotopic (exact) mass is 1370 g/mol. The fourth-order valence-corrected chi connectivity index (χ4v) is 23.1. The molecule has 0 amide bonds. The zero-order chi connectivity index (χ0) is 66.9. The molecule has 0 spiro atoms. The van der Waals surface area contributed by atoms with E-state index in [1.165, 1.54) is 224 Å². The molecule has 0 N–H and O–H groups in total. The molecule has 23 rings (SSSR count). The number of rotatable bonds is 7. The van der Waals surface area contributed by atoms with Gasteiger partial charge in [0, 0.05) is 94.2 Å². The average molecular weight is 1370 g/mol. The Labute approximate surface area is 601 Å². The number of para-hydroxylation sites is 4. The summed E-state index contributed by atoms with van der Waals surface area (Å²) in [6.45, 7) is 6.85. The summed E-state index contributed by atoms with van der Waals surface area (Å²) in [7, 11) is 0. The van der Waals surface area contributed by atoms with Crippen LogP contribution in [0.4, 0.5) is 0 Å². The van der Waals surface area contributed by atoms with Gasteiger partial charge in [-0.25, -0.2) is 0 Å². The summed E-state index contributed by atoms with van der Waals surface area (Å²) in [6, 6.07) is 111. The average Bonchev–Trinajstić information content (AvgIpc) is 1.55. The molecule has 0 atom stereocenters. The first-order valence-corrected chi connectivity index (χ1v) is 38.3. The van der Waals surface area contributed by atoms with Crippen LogP contribution in [0.25, 0.3) is 191 Å². The Kier molecular flexibility index (Phi) is 11.9. The number of hydrogen-bond donors (Lipinski definition) is 0. The standard InChI is InChI=1S/C93H57BN4S4/c1-52-46-53(2)88(54(3)47-52)94(55-40-44-85-70(48-55)65-28-18-34-77(92(65)101-85)95-75-33-13-7-25-67(75)87-76(95)43-42-62-57-20-4-12-32-74(57)98(89(62)87)80-37-17-27-64-61-24-9-15-39-84(61)100-91(64)80)56-41-45-86-71(49-56)66-29-19-36-79(93(66)102-86)97-73-31-11-6-22-59(73)69-50-68-58-21-5-10-30-72(58)96(81(68)51-82(69)97)78-35-16-26-63-60-23-8-14-38-83(60)99-90(63)78/h4-51H,1-3H3. The van der Waals surface area contributed by atoms with E-state index in [1.807, 2.05) is 45.3 Å². The Morgan fingerprint density at radius 1 is 0.235 bits per heavy atom. The molecule has 0 aliphatic rings. The van der Waals surface area contributed by atoms with Gasteiger partial charge in [0.2, 0.25) is 6.71 Å². The van der Waals surface area contributed by atoms with Gasteiger partial charge < -0.3 is 18.3 Å². The van der Waals surface area contributed by atoms with Crippen LogP contribution >= 0.6 is 45.3 Å². The Bertz CT molecular complexity index is 7490. The second kappa shape index (κ2) is 21.3. The zero-order valence-electron chi connectivity index (χ0n) is 55.7. The highest BCUT2D eigenvalue weighted by atomic mass is 32.1. The molecule has 476 valence electrons. The van der Waals surface area contributed by atoms with E-state index in [1.54, 1.807) is 0 Å². The first-order valence-electron chi connectivity index (χ1n) is 35.1. The van der Waals surface area contributed by atoms with Gasteiger partial charge in [-0.1, -0.05) is 233 Å². The molecule has 23 aromatic rings. The summed E-state index contributed by atoms with van der Waals surface area (Å²) in [5, 5.41) is 20.4. The molecule has 15 aromatic carbocycles. The Morgan fingerprint density at radius 3 is 1.08 bits per heavy atom. The molecule has 0 unspecified atom stereocenters. The minimum absolute atomic E-state index is 0.0366. The molecule has 0 bridgehead atoms. The summed E-state index contributed by atoms with van der Waals surface area (Å²) in [6.07, 6.45) is 0. The maximum absolute atomic E-state index is 2.57. The number of thiophene rings is 4. The highest BCUT2D eigenvalue weighted by Crippen LogP contribution is 2.49. The minimum Gasteiger partial charge on any atom is -0.308 e. The van der Waals surface area contributed by atoms with Crippen LogP contribution in [-0.4, -0.2) is 25.0 Å². The smallest absolute Gasteiger partial charge is 0.241 e. The van der Waals surface area contributed by atoms with E-state index < -0.39 is 0 Å². The van der Waals surface area contributed by atoms with Gasteiger partial charge in [-0.05, 0) is 123 Å². The fraction of sp³-hybridized carbons (Fsp3) is 0.0323. The van der Waals surface area contributed by atoms with Gasteiger partial charge in [-0.2, -0.15) is 0 Å². The van der Waals surface area contributed by atoms with Crippen molar-refractivity contribution >= 4 is 236 Å². The molecule has 0 radical (unpaired) electrons. The van der Waals surface area contributed by atoms with Crippen LogP contribution in [0.3, 0.4) is 0 Å². The molecule has 0 aliphatic carbocycles. The molecule has 8 aromatic heterocycles. The van der Waals surface area contributed by atoms with Crippen LogP contribution in [0.2, 0.25) is 0 Å². The van der Waals surface area contributed by atoms with E-state index in [0.717, 1.165) is 0 Å². The fourth-order valence-electron chi connectivity index (χ4n) is 18.3. The van der Waals surface area contributed by atoms with E-state index in [4.69, 9.17) is 0 Å². The second-order valence-electron chi connectivity index (χ2n) is 27.9. The van der Waals surface area contributed by atoms with Crippen LogP contribution in [-0.2, 0) is 0 Å². The van der Waals surface area contributed by atoms with E-state index in [-0.39, 0.29) is 6.71 Å². The van der Waals surface area contributed by atoms with Crippen molar-refractivity contribution in [2.75, 3.05) is 0 Å². The topological polar surface area (TPSA) is 19.7 Å². The van der Waals surface area contributed by atoms with Gasteiger partial charge in [0.1, 0.15) is 0 Å². The van der Waals surface area contributed by atoms with Crippen molar-refractivity contribution in [3.63, 3.8) is 0 Å². The van der Waals surface area contributed by atoms with Gasteiger partial charge in [0.05, 0.1) is 85.7 Å². The Morgan fingerprint density at radius 2 is 0.598 bits per heavy atom. The normalized spacial score (nSPS) is 12.5. The van der Waals surface area contributed by atoms with Gasteiger partial charge >= 0.3 is 0 Å². The van der Waals surface area contributed by atoms with E-state index in [9.17, 15) is 0 Å². The number of fused-ring (bicyclic) bond motifs is 25. The molecule has 0 fully saturated rings. The van der Waals surface area contributed by atoms with Crippen LogP contribution in [0.15, 0.2) is 291 Å². The lowest BCUT2D eigenvalue weighted by Gasteiger charge is -2.21. The third-order valence-corrected chi connectivity index (χ3v) is 27.2. The first-order chi connectivity index (χ1) is 50.3. The van der Waals surface area contributed by atoms with Gasteiger partial charge in [0.25, 0.3) is 0 Å². The van der Waals surface area contributed by atoms with Crippen molar-refractivity contribution in [3.05, 3.63) is 308 Å². The van der Waals surface area contributed by atoms with Crippen LogP contribution in [0.1, 0.15) is 16.7 Å². The van der Waals surface area contributed by atoms with Gasteiger partial charge in [-0.15, -0.1) is 45.3 Å². The van der Waals surface area contributed by atoms with Crippen molar-refractivity contribution in [2.45, 2.75) is 20.8 Å². The van der Waals surface area contributed by atoms with Crippen LogP contribution in [0, 0.1) is 20.8 Å². The largest absolute Gasteiger partial charge is 0.308 e. The van der Waals surface area contributed by atoms with Gasteiger partial charge in [0.15, 0.2) is 0 Å². The molecule has 4 nitrogen and oxygen atoms in total. The van der Waals surface area contributed by atoms with Crippen molar-refractivity contribution in [3.8, 4) is 22.7 Å². The van der Waals surface area contributed by atoms with Crippen molar-refractivity contribution in [1.82, 2.24) is 18.3 Å². The van der Waals surface area contributed by atoms with E-state index in [0.29, 0.717) is 0 Å². The summed E-state index contributed by atoms with van der Waals surface area (Å²) in [4.78, 5) is 0. The SMILES string of the molecule is Cc1cc(C)c(B(c2ccc3sc4c(-n5c6ccccc6c6cc7c8ccccc8n(-c8cccc9c8sc8ccccc89)c7cc65)cccc4c3c2)c2ccc3sc4c(-n5c6ccccc6c6c5ccc5c7ccccc7n(-c7cccc8c7sc7ccccc78)c56)cccc4c3c2)c(C)c1. The maximum atomic E-state index is 2.57. The summed E-state index contributed by atoms with van der Waals surface area (Å²) in [5.41, 5.74) is 22.4. The third-order valence-electron chi connectivity index (χ3n) is 22.4. The number of aryl methyl sites for hydroxylation is 3. The molecular weight excluding hydrogens is 1310 g/mol.